The Morgan fingerprint density at radius 3 is 2.55 bits per heavy atom. The first kappa shape index (κ1) is 19.8. The summed E-state index contributed by atoms with van der Waals surface area (Å²) in [5.74, 6) is 0.355. The average Bonchev–Trinajstić information content (AvgIpc) is 3.38. The summed E-state index contributed by atoms with van der Waals surface area (Å²) in [6.45, 7) is 0. The Labute approximate surface area is 183 Å². The SMILES string of the molecule is O=C(CSc1nnc(-c2cccs2)n1-c1ccc(F)cc1)Nc1ccc(Br)cc1. The minimum absolute atomic E-state index is 0.149. The number of carbonyl (C=O) groups is 1. The smallest absolute Gasteiger partial charge is 0.234 e. The lowest BCUT2D eigenvalue weighted by atomic mass is 10.3. The van der Waals surface area contributed by atoms with E-state index < -0.39 is 0 Å². The number of rotatable bonds is 6. The molecule has 0 bridgehead atoms. The molecule has 0 aliphatic rings. The van der Waals surface area contributed by atoms with Gasteiger partial charge in [0.15, 0.2) is 11.0 Å². The highest BCUT2D eigenvalue weighted by molar-refractivity contribution is 9.10. The monoisotopic (exact) mass is 488 g/mol. The zero-order valence-electron chi connectivity index (χ0n) is 14.9. The zero-order chi connectivity index (χ0) is 20.2. The molecule has 2 heterocycles. The number of nitrogens with one attached hydrogen (secondary N) is 1. The van der Waals surface area contributed by atoms with E-state index >= 15 is 0 Å². The summed E-state index contributed by atoms with van der Waals surface area (Å²) in [7, 11) is 0. The fourth-order valence-corrected chi connectivity index (χ4v) is 4.33. The van der Waals surface area contributed by atoms with Gasteiger partial charge >= 0.3 is 0 Å². The Kier molecular flexibility index (Phi) is 6.08. The Hall–Kier alpha value is -2.49. The van der Waals surface area contributed by atoms with E-state index in [0.717, 1.165) is 20.7 Å². The van der Waals surface area contributed by atoms with E-state index in [-0.39, 0.29) is 17.5 Å². The third-order valence-electron chi connectivity index (χ3n) is 3.92. The van der Waals surface area contributed by atoms with Gasteiger partial charge in [0.1, 0.15) is 5.82 Å². The molecule has 29 heavy (non-hydrogen) atoms. The van der Waals surface area contributed by atoms with Gasteiger partial charge in [-0.15, -0.1) is 21.5 Å². The van der Waals surface area contributed by atoms with Crippen molar-refractivity contribution in [3.8, 4) is 16.4 Å². The Morgan fingerprint density at radius 2 is 1.86 bits per heavy atom. The predicted molar refractivity (Wildman–Crippen MR) is 118 cm³/mol. The number of amides is 1. The Morgan fingerprint density at radius 1 is 1.10 bits per heavy atom. The van der Waals surface area contributed by atoms with E-state index in [2.05, 4.69) is 31.4 Å². The highest BCUT2D eigenvalue weighted by Crippen LogP contribution is 2.30. The number of anilines is 1. The van der Waals surface area contributed by atoms with Crippen LogP contribution >= 0.6 is 39.0 Å². The fraction of sp³-hybridized carbons (Fsp3) is 0.0500. The van der Waals surface area contributed by atoms with Crippen molar-refractivity contribution in [2.45, 2.75) is 5.16 Å². The van der Waals surface area contributed by atoms with Crippen molar-refractivity contribution >= 4 is 50.6 Å². The summed E-state index contributed by atoms with van der Waals surface area (Å²) in [6.07, 6.45) is 0. The molecule has 146 valence electrons. The topological polar surface area (TPSA) is 59.8 Å². The Balaban J connectivity index is 1.56. The largest absolute Gasteiger partial charge is 0.325 e. The number of thiophene rings is 1. The van der Waals surface area contributed by atoms with Crippen LogP contribution in [0.4, 0.5) is 10.1 Å². The molecule has 0 unspecified atom stereocenters. The fourth-order valence-electron chi connectivity index (χ4n) is 2.61. The molecule has 0 spiro atoms. The van der Waals surface area contributed by atoms with E-state index in [1.54, 1.807) is 12.1 Å². The van der Waals surface area contributed by atoms with Crippen molar-refractivity contribution in [3.05, 3.63) is 76.3 Å². The third-order valence-corrected chi connectivity index (χ3v) is 6.24. The van der Waals surface area contributed by atoms with Crippen LogP contribution in [0.5, 0.6) is 0 Å². The molecule has 0 aliphatic carbocycles. The first-order valence-electron chi connectivity index (χ1n) is 8.53. The molecule has 1 N–H and O–H groups in total. The number of carbonyl (C=O) groups excluding carboxylic acids is 1. The molecular formula is C20H14BrFN4OS2. The summed E-state index contributed by atoms with van der Waals surface area (Å²) in [6, 6.07) is 17.4. The molecule has 1 amide bonds. The molecule has 9 heteroatoms. The lowest BCUT2D eigenvalue weighted by Crippen LogP contribution is -2.14. The lowest BCUT2D eigenvalue weighted by Gasteiger charge is -2.10. The summed E-state index contributed by atoms with van der Waals surface area (Å²) < 4.78 is 16.2. The second kappa shape index (κ2) is 8.89. The summed E-state index contributed by atoms with van der Waals surface area (Å²) in [4.78, 5) is 13.3. The van der Waals surface area contributed by atoms with Gasteiger partial charge in [0, 0.05) is 15.8 Å². The van der Waals surface area contributed by atoms with Gasteiger partial charge in [-0.25, -0.2) is 4.39 Å². The normalized spacial score (nSPS) is 10.8. The molecule has 5 nitrogen and oxygen atoms in total. The number of aromatic nitrogens is 3. The molecular weight excluding hydrogens is 475 g/mol. The van der Waals surface area contributed by atoms with E-state index in [1.165, 1.54) is 35.2 Å². The molecule has 0 fully saturated rings. The number of benzene rings is 2. The number of hydrogen-bond acceptors (Lipinski definition) is 5. The van der Waals surface area contributed by atoms with Crippen LogP contribution in [0.15, 0.2) is 75.7 Å². The van der Waals surface area contributed by atoms with Crippen molar-refractivity contribution in [1.82, 2.24) is 14.8 Å². The van der Waals surface area contributed by atoms with Crippen molar-refractivity contribution in [3.63, 3.8) is 0 Å². The minimum atomic E-state index is -0.317. The second-order valence-corrected chi connectivity index (χ2v) is 8.74. The number of hydrogen-bond donors (Lipinski definition) is 1. The molecule has 0 radical (unpaired) electrons. The summed E-state index contributed by atoms with van der Waals surface area (Å²) >= 11 is 6.18. The van der Waals surface area contributed by atoms with E-state index in [1.807, 2.05) is 46.3 Å². The van der Waals surface area contributed by atoms with Crippen LogP contribution in [-0.4, -0.2) is 26.4 Å². The molecule has 0 saturated carbocycles. The minimum Gasteiger partial charge on any atom is -0.325 e. The standard InChI is InChI=1S/C20H14BrFN4OS2/c21-13-3-7-15(8-4-13)23-18(27)12-29-20-25-24-19(17-2-1-11-28-17)26(20)16-9-5-14(22)6-10-16/h1-11H,12H2,(H,23,27). The van der Waals surface area contributed by atoms with Crippen LogP contribution in [0.3, 0.4) is 0 Å². The van der Waals surface area contributed by atoms with Gasteiger partial charge in [-0.05, 0) is 60.0 Å². The van der Waals surface area contributed by atoms with Gasteiger partial charge in [0.25, 0.3) is 0 Å². The molecule has 2 aromatic heterocycles. The van der Waals surface area contributed by atoms with E-state index in [0.29, 0.717) is 11.0 Å². The van der Waals surface area contributed by atoms with Gasteiger partial charge in [-0.2, -0.15) is 0 Å². The highest BCUT2D eigenvalue weighted by atomic mass is 79.9. The van der Waals surface area contributed by atoms with Crippen molar-refractivity contribution in [2.24, 2.45) is 0 Å². The van der Waals surface area contributed by atoms with Crippen LogP contribution in [-0.2, 0) is 4.79 Å². The second-order valence-electron chi connectivity index (χ2n) is 5.94. The zero-order valence-corrected chi connectivity index (χ0v) is 18.1. The van der Waals surface area contributed by atoms with Crippen molar-refractivity contribution < 1.29 is 9.18 Å². The summed E-state index contributed by atoms with van der Waals surface area (Å²) in [5.41, 5.74) is 1.45. The molecule has 2 aromatic carbocycles. The van der Waals surface area contributed by atoms with Gasteiger partial charge in [0.05, 0.1) is 10.6 Å². The van der Waals surface area contributed by atoms with E-state index in [9.17, 15) is 9.18 Å². The van der Waals surface area contributed by atoms with Gasteiger partial charge < -0.3 is 5.32 Å². The van der Waals surface area contributed by atoms with Gasteiger partial charge in [-0.3, -0.25) is 9.36 Å². The molecule has 0 aliphatic heterocycles. The molecule has 4 aromatic rings. The van der Waals surface area contributed by atoms with Crippen LogP contribution in [0.2, 0.25) is 0 Å². The first-order valence-corrected chi connectivity index (χ1v) is 11.2. The maximum absolute atomic E-state index is 13.4. The van der Waals surface area contributed by atoms with Crippen LogP contribution < -0.4 is 5.32 Å². The molecule has 0 saturated heterocycles. The van der Waals surface area contributed by atoms with Crippen LogP contribution in [0, 0.1) is 5.82 Å². The first-order chi connectivity index (χ1) is 14.1. The molecule has 4 rings (SSSR count). The third kappa shape index (κ3) is 4.75. The van der Waals surface area contributed by atoms with Gasteiger partial charge in [0.2, 0.25) is 5.91 Å². The van der Waals surface area contributed by atoms with E-state index in [4.69, 9.17) is 0 Å². The predicted octanol–water partition coefficient (Wildman–Crippen LogP) is 5.63. The van der Waals surface area contributed by atoms with Crippen LogP contribution in [0.1, 0.15) is 0 Å². The maximum Gasteiger partial charge on any atom is 0.234 e. The summed E-state index contributed by atoms with van der Waals surface area (Å²) in [5, 5.41) is 13.9. The molecule has 0 atom stereocenters. The van der Waals surface area contributed by atoms with Crippen molar-refractivity contribution in [2.75, 3.05) is 11.1 Å². The van der Waals surface area contributed by atoms with Gasteiger partial charge in [-0.1, -0.05) is 33.8 Å². The quantitative estimate of drug-likeness (QED) is 0.357. The maximum atomic E-state index is 13.4. The highest BCUT2D eigenvalue weighted by Gasteiger charge is 2.18. The van der Waals surface area contributed by atoms with Crippen LogP contribution in [0.25, 0.3) is 16.4 Å². The number of nitrogens with zero attached hydrogens (tertiary/aromatic N) is 3. The average molecular weight is 489 g/mol. The lowest BCUT2D eigenvalue weighted by molar-refractivity contribution is -0.113. The Bertz CT molecular complexity index is 1110. The van der Waals surface area contributed by atoms with Crippen molar-refractivity contribution in [1.29, 1.82) is 0 Å². The number of halogens is 2. The number of thioether (sulfide) groups is 1.